The Morgan fingerprint density at radius 2 is 1.84 bits per heavy atom. The van der Waals surface area contributed by atoms with Crippen LogP contribution in [0.25, 0.3) is 22.3 Å². The van der Waals surface area contributed by atoms with Crippen molar-refractivity contribution in [3.8, 4) is 11.3 Å². The highest BCUT2D eigenvalue weighted by Crippen LogP contribution is 2.24. The number of carbonyl (C=O) groups is 1. The van der Waals surface area contributed by atoms with Crippen LogP contribution in [0, 0.1) is 0 Å². The summed E-state index contributed by atoms with van der Waals surface area (Å²) < 4.78 is 5.49. The second-order valence-electron chi connectivity index (χ2n) is 9.95. The van der Waals surface area contributed by atoms with Crippen molar-refractivity contribution in [2.75, 3.05) is 31.5 Å². The number of piperazine rings is 1. The zero-order chi connectivity index (χ0) is 26.0. The zero-order valence-corrected chi connectivity index (χ0v) is 21.8. The predicted molar refractivity (Wildman–Crippen MR) is 143 cm³/mol. The number of nitrogens with zero attached hydrogens (tertiary/aromatic N) is 6. The number of ether oxygens (including phenoxy) is 1. The lowest BCUT2D eigenvalue weighted by Gasteiger charge is -2.35. The van der Waals surface area contributed by atoms with E-state index in [1.807, 2.05) is 57.2 Å². The number of aromatic nitrogens is 5. The van der Waals surface area contributed by atoms with Crippen molar-refractivity contribution in [3.63, 3.8) is 0 Å². The first-order valence-corrected chi connectivity index (χ1v) is 12.5. The maximum absolute atomic E-state index is 12.3. The van der Waals surface area contributed by atoms with Gasteiger partial charge in [-0.3, -0.25) is 4.90 Å². The largest absolute Gasteiger partial charge is 0.444 e. The number of benzene rings is 1. The molecule has 3 aromatic heterocycles. The minimum atomic E-state index is -0.484. The number of H-pyrrole nitrogens is 1. The van der Waals surface area contributed by atoms with E-state index in [-0.39, 0.29) is 11.4 Å². The fourth-order valence-electron chi connectivity index (χ4n) is 4.16. The number of pyridine rings is 1. The van der Waals surface area contributed by atoms with Crippen LogP contribution in [0.2, 0.25) is 5.28 Å². The van der Waals surface area contributed by atoms with Crippen LogP contribution in [0.15, 0.2) is 48.8 Å². The molecule has 0 radical (unpaired) electrons. The highest BCUT2D eigenvalue weighted by molar-refractivity contribution is 6.28. The number of amides is 1. The van der Waals surface area contributed by atoms with Gasteiger partial charge in [-0.15, -0.1) is 0 Å². The molecule has 11 heteroatoms. The lowest BCUT2D eigenvalue weighted by Crippen LogP contribution is -2.49. The molecule has 0 spiro atoms. The number of anilines is 2. The molecule has 192 valence electrons. The normalized spacial score (nSPS) is 14.6. The summed E-state index contributed by atoms with van der Waals surface area (Å²) in [7, 11) is 0. The van der Waals surface area contributed by atoms with E-state index in [0.29, 0.717) is 24.9 Å². The van der Waals surface area contributed by atoms with Crippen LogP contribution >= 0.6 is 11.6 Å². The molecule has 5 rings (SSSR count). The highest BCUT2D eigenvalue weighted by atomic mass is 35.5. The summed E-state index contributed by atoms with van der Waals surface area (Å²) in [6, 6.07) is 11.7. The van der Waals surface area contributed by atoms with E-state index in [0.717, 1.165) is 47.5 Å². The highest BCUT2D eigenvalue weighted by Gasteiger charge is 2.25. The number of hydrogen-bond donors (Lipinski definition) is 2. The van der Waals surface area contributed by atoms with Crippen LogP contribution in [0.4, 0.5) is 16.6 Å². The Kier molecular flexibility index (Phi) is 6.94. The van der Waals surface area contributed by atoms with E-state index in [1.54, 1.807) is 17.3 Å². The molecule has 1 amide bonds. The summed E-state index contributed by atoms with van der Waals surface area (Å²) >= 11 is 5.94. The molecule has 37 heavy (non-hydrogen) atoms. The van der Waals surface area contributed by atoms with Gasteiger partial charge in [0.05, 0.1) is 16.7 Å². The Bertz CT molecular complexity index is 1410. The van der Waals surface area contributed by atoms with E-state index in [9.17, 15) is 4.79 Å². The van der Waals surface area contributed by atoms with Crippen LogP contribution in [-0.4, -0.2) is 72.6 Å². The van der Waals surface area contributed by atoms with Gasteiger partial charge in [0.1, 0.15) is 11.4 Å². The smallest absolute Gasteiger partial charge is 0.410 e. The number of carbonyl (C=O) groups excluding carboxylic acids is 1. The molecule has 1 aliphatic rings. The molecule has 1 saturated heterocycles. The number of nitrogens with one attached hydrogen (secondary N) is 2. The van der Waals surface area contributed by atoms with Crippen LogP contribution in [0.3, 0.4) is 0 Å². The molecular formula is C26H29ClN8O2. The Balaban J connectivity index is 1.21. The SMILES string of the molecule is CC(C)(C)OC(=O)N1CCN(Cc2ccnc(Nc3nc4ccc(-c5ccnc(Cl)n5)cc4[nH]3)c2)CC1. The van der Waals surface area contributed by atoms with Crippen molar-refractivity contribution in [2.24, 2.45) is 0 Å². The van der Waals surface area contributed by atoms with E-state index >= 15 is 0 Å². The first-order valence-electron chi connectivity index (χ1n) is 12.1. The molecule has 1 aliphatic heterocycles. The molecule has 0 saturated carbocycles. The van der Waals surface area contributed by atoms with Crippen molar-refractivity contribution < 1.29 is 9.53 Å². The van der Waals surface area contributed by atoms with Gasteiger partial charge in [-0.2, -0.15) is 0 Å². The fraction of sp³-hybridized carbons (Fsp3) is 0.346. The van der Waals surface area contributed by atoms with Crippen molar-refractivity contribution in [1.82, 2.24) is 34.7 Å². The van der Waals surface area contributed by atoms with Crippen LogP contribution in [-0.2, 0) is 11.3 Å². The molecule has 0 bridgehead atoms. The fourth-order valence-corrected chi connectivity index (χ4v) is 4.31. The number of fused-ring (bicyclic) bond motifs is 1. The standard InChI is InChI=1S/C26H29ClN8O2/c1-26(2,3)37-25(36)35-12-10-34(11-13-35)16-17-6-8-28-22(14-17)33-24-31-20-5-4-18(15-21(20)32-24)19-7-9-29-23(27)30-19/h4-9,14-15H,10-13,16H2,1-3H3,(H2,28,31,32,33). The number of rotatable bonds is 5. The molecule has 4 aromatic rings. The molecule has 10 nitrogen and oxygen atoms in total. The number of aromatic amines is 1. The molecule has 0 atom stereocenters. The maximum atomic E-state index is 12.3. The first kappa shape index (κ1) is 24.9. The summed E-state index contributed by atoms with van der Waals surface area (Å²) in [4.78, 5) is 37.0. The van der Waals surface area contributed by atoms with Gasteiger partial charge in [0, 0.05) is 50.7 Å². The minimum Gasteiger partial charge on any atom is -0.444 e. The Morgan fingerprint density at radius 1 is 1.05 bits per heavy atom. The van der Waals surface area contributed by atoms with Gasteiger partial charge in [-0.1, -0.05) is 6.07 Å². The summed E-state index contributed by atoms with van der Waals surface area (Å²) in [6.07, 6.45) is 3.17. The van der Waals surface area contributed by atoms with Crippen molar-refractivity contribution in [1.29, 1.82) is 0 Å². The number of imidazole rings is 1. The van der Waals surface area contributed by atoms with E-state index in [2.05, 4.69) is 35.1 Å². The molecule has 1 fully saturated rings. The van der Waals surface area contributed by atoms with Gasteiger partial charge >= 0.3 is 6.09 Å². The monoisotopic (exact) mass is 520 g/mol. The third-order valence-electron chi connectivity index (χ3n) is 5.90. The predicted octanol–water partition coefficient (Wildman–Crippen LogP) is 4.86. The number of halogens is 1. The van der Waals surface area contributed by atoms with Crippen LogP contribution < -0.4 is 5.32 Å². The van der Waals surface area contributed by atoms with Crippen molar-refractivity contribution in [3.05, 3.63) is 59.6 Å². The maximum Gasteiger partial charge on any atom is 0.410 e. The van der Waals surface area contributed by atoms with E-state index < -0.39 is 5.60 Å². The van der Waals surface area contributed by atoms with E-state index in [1.165, 1.54) is 0 Å². The van der Waals surface area contributed by atoms with Gasteiger partial charge in [0.15, 0.2) is 0 Å². The van der Waals surface area contributed by atoms with Gasteiger partial charge in [-0.25, -0.2) is 24.7 Å². The van der Waals surface area contributed by atoms with Crippen LogP contribution in [0.5, 0.6) is 0 Å². The zero-order valence-electron chi connectivity index (χ0n) is 21.0. The average Bonchev–Trinajstić information content (AvgIpc) is 3.25. The Hall–Kier alpha value is -3.76. The van der Waals surface area contributed by atoms with Gasteiger partial charge in [-0.05, 0) is 68.3 Å². The van der Waals surface area contributed by atoms with Crippen LogP contribution in [0.1, 0.15) is 26.3 Å². The third kappa shape index (κ3) is 6.33. The van der Waals surface area contributed by atoms with Gasteiger partial charge in [0.25, 0.3) is 0 Å². The second-order valence-corrected chi connectivity index (χ2v) is 10.3. The lowest BCUT2D eigenvalue weighted by molar-refractivity contribution is 0.0139. The summed E-state index contributed by atoms with van der Waals surface area (Å²) in [5.41, 5.74) is 4.00. The summed E-state index contributed by atoms with van der Waals surface area (Å²) in [5, 5.41) is 3.48. The molecule has 0 unspecified atom stereocenters. The molecule has 2 N–H and O–H groups in total. The molecule has 1 aromatic carbocycles. The van der Waals surface area contributed by atoms with Crippen molar-refractivity contribution in [2.45, 2.75) is 32.9 Å². The minimum absolute atomic E-state index is 0.209. The first-order chi connectivity index (χ1) is 17.7. The summed E-state index contributed by atoms with van der Waals surface area (Å²) in [5.74, 6) is 1.30. The molecule has 0 aliphatic carbocycles. The van der Waals surface area contributed by atoms with Crippen molar-refractivity contribution >= 4 is 40.5 Å². The van der Waals surface area contributed by atoms with Gasteiger partial charge < -0.3 is 19.9 Å². The molecular weight excluding hydrogens is 492 g/mol. The van der Waals surface area contributed by atoms with Gasteiger partial charge in [0.2, 0.25) is 11.2 Å². The quantitative estimate of drug-likeness (QED) is 0.359. The topological polar surface area (TPSA) is 112 Å². The number of hydrogen-bond acceptors (Lipinski definition) is 8. The Labute approximate surface area is 220 Å². The molecule has 4 heterocycles. The van der Waals surface area contributed by atoms with E-state index in [4.69, 9.17) is 16.3 Å². The third-order valence-corrected chi connectivity index (χ3v) is 6.09. The second kappa shape index (κ2) is 10.3. The average molecular weight is 521 g/mol. The Morgan fingerprint density at radius 3 is 2.59 bits per heavy atom. The lowest BCUT2D eigenvalue weighted by atomic mass is 10.1. The summed E-state index contributed by atoms with van der Waals surface area (Å²) in [6.45, 7) is 9.28.